The molecule has 2 aromatic rings. The fourth-order valence-electron chi connectivity index (χ4n) is 2.55. The van der Waals surface area contributed by atoms with Gasteiger partial charge in [-0.1, -0.05) is 29.3 Å². The van der Waals surface area contributed by atoms with Gasteiger partial charge in [0.25, 0.3) is 17.4 Å². The first-order chi connectivity index (χ1) is 13.2. The molecule has 2 aromatic carbocycles. The van der Waals surface area contributed by atoms with E-state index in [1.807, 2.05) is 34.9 Å². The monoisotopic (exact) mass is 386 g/mol. The molecule has 0 saturated carbocycles. The summed E-state index contributed by atoms with van der Waals surface area (Å²) in [5.41, 5.74) is -0.527. The quantitative estimate of drug-likeness (QED) is 0.690. The van der Waals surface area contributed by atoms with Crippen molar-refractivity contribution in [1.82, 2.24) is 10.6 Å². The topological polar surface area (TPSA) is 114 Å². The van der Waals surface area contributed by atoms with Crippen molar-refractivity contribution in [1.29, 1.82) is 0 Å². The minimum absolute atomic E-state index is 0.0162. The number of aryl methyl sites for hydroxylation is 2. The third-order valence-electron chi connectivity index (χ3n) is 4.11. The van der Waals surface area contributed by atoms with Gasteiger partial charge in [0.05, 0.1) is 14.2 Å². The van der Waals surface area contributed by atoms with Crippen molar-refractivity contribution in [2.24, 2.45) is 0 Å². The number of aliphatic hydroxyl groups is 1. The first-order valence-electron chi connectivity index (χ1n) is 8.37. The Bertz CT molecular complexity index is 872. The van der Waals surface area contributed by atoms with Crippen LogP contribution < -0.4 is 20.1 Å². The van der Waals surface area contributed by atoms with Crippen molar-refractivity contribution in [3.8, 4) is 11.5 Å². The smallest absolute Gasteiger partial charge is 0.328 e. The molecule has 3 rings (SSSR count). The molecule has 0 aromatic heterocycles. The summed E-state index contributed by atoms with van der Waals surface area (Å²) in [4.78, 5) is 34.7. The molecule has 1 fully saturated rings. The predicted octanol–water partition coefficient (Wildman–Crippen LogP) is 1.56. The van der Waals surface area contributed by atoms with Gasteiger partial charge < -0.3 is 14.6 Å². The molecule has 1 saturated heterocycles. The Balaban J connectivity index is 0.000000261. The minimum Gasteiger partial charge on any atom is -0.497 e. The van der Waals surface area contributed by atoms with Crippen molar-refractivity contribution >= 4 is 17.8 Å². The van der Waals surface area contributed by atoms with Gasteiger partial charge in [-0.2, -0.15) is 0 Å². The van der Waals surface area contributed by atoms with E-state index in [0.717, 1.165) is 11.3 Å². The summed E-state index contributed by atoms with van der Waals surface area (Å²) in [5, 5.41) is 14.1. The number of barbiturate groups is 1. The van der Waals surface area contributed by atoms with Crippen LogP contribution in [0, 0.1) is 13.8 Å². The Labute approximate surface area is 162 Å². The lowest BCUT2D eigenvalue weighted by atomic mass is 9.88. The van der Waals surface area contributed by atoms with Crippen LogP contribution >= 0.6 is 0 Å². The molecule has 1 aliphatic heterocycles. The summed E-state index contributed by atoms with van der Waals surface area (Å²) in [6, 6.07) is 11.7. The number of carbonyl (C=O) groups is 3. The van der Waals surface area contributed by atoms with Crippen molar-refractivity contribution < 1.29 is 29.0 Å². The number of hydrogen-bond donors (Lipinski definition) is 3. The number of imide groups is 2. The Morgan fingerprint density at radius 3 is 1.86 bits per heavy atom. The zero-order chi connectivity index (χ0) is 20.9. The highest BCUT2D eigenvalue weighted by atomic mass is 16.5. The zero-order valence-corrected chi connectivity index (χ0v) is 16.0. The summed E-state index contributed by atoms with van der Waals surface area (Å²) < 4.78 is 10.0. The van der Waals surface area contributed by atoms with Crippen LogP contribution in [0.15, 0.2) is 42.5 Å². The molecule has 8 heteroatoms. The largest absolute Gasteiger partial charge is 0.497 e. The maximum absolute atomic E-state index is 11.8. The van der Waals surface area contributed by atoms with Gasteiger partial charge in [-0.05, 0) is 38.1 Å². The van der Waals surface area contributed by atoms with E-state index in [9.17, 15) is 19.5 Å². The lowest BCUT2D eigenvalue weighted by Gasteiger charge is -2.30. The van der Waals surface area contributed by atoms with Gasteiger partial charge in [-0.15, -0.1) is 0 Å². The molecule has 0 bridgehead atoms. The first kappa shape index (κ1) is 20.9. The fourth-order valence-corrected chi connectivity index (χ4v) is 2.55. The highest BCUT2D eigenvalue weighted by Gasteiger charge is 2.52. The second-order valence-corrected chi connectivity index (χ2v) is 6.17. The van der Waals surface area contributed by atoms with Crippen molar-refractivity contribution in [2.75, 3.05) is 14.2 Å². The molecule has 0 spiro atoms. The second-order valence-electron chi connectivity index (χ2n) is 6.17. The van der Waals surface area contributed by atoms with E-state index in [4.69, 9.17) is 9.47 Å². The number of rotatable bonds is 3. The van der Waals surface area contributed by atoms with E-state index < -0.39 is 23.4 Å². The van der Waals surface area contributed by atoms with Crippen molar-refractivity contribution in [2.45, 2.75) is 19.4 Å². The SMILES string of the molecule is COc1ccc(C)cc1.COc1ccc(C)cc1C1(O)C(=O)NC(=O)NC1=O. The lowest BCUT2D eigenvalue weighted by molar-refractivity contribution is -0.155. The second kappa shape index (κ2) is 8.53. The number of nitrogens with one attached hydrogen (secondary N) is 2. The van der Waals surface area contributed by atoms with Crippen molar-refractivity contribution in [3.05, 3.63) is 59.2 Å². The van der Waals surface area contributed by atoms with E-state index in [1.165, 1.54) is 24.8 Å². The predicted molar refractivity (Wildman–Crippen MR) is 101 cm³/mol. The summed E-state index contributed by atoms with van der Waals surface area (Å²) in [6.45, 7) is 3.79. The summed E-state index contributed by atoms with van der Waals surface area (Å²) in [7, 11) is 3.02. The Hall–Kier alpha value is -3.39. The molecular weight excluding hydrogens is 364 g/mol. The van der Waals surface area contributed by atoms with E-state index in [2.05, 4.69) is 6.92 Å². The Kier molecular flexibility index (Phi) is 6.37. The number of urea groups is 1. The van der Waals surface area contributed by atoms with E-state index in [-0.39, 0.29) is 11.3 Å². The van der Waals surface area contributed by atoms with Crippen LogP contribution in [-0.2, 0) is 15.2 Å². The molecule has 8 nitrogen and oxygen atoms in total. The van der Waals surface area contributed by atoms with E-state index in [1.54, 1.807) is 20.1 Å². The van der Waals surface area contributed by atoms with Gasteiger partial charge in [-0.25, -0.2) is 4.79 Å². The minimum atomic E-state index is -2.49. The Morgan fingerprint density at radius 2 is 1.36 bits per heavy atom. The third-order valence-corrected chi connectivity index (χ3v) is 4.11. The van der Waals surface area contributed by atoms with Crippen LogP contribution in [0.4, 0.5) is 4.79 Å². The molecule has 0 aliphatic carbocycles. The van der Waals surface area contributed by atoms with Crippen LogP contribution in [0.2, 0.25) is 0 Å². The first-order valence-corrected chi connectivity index (χ1v) is 8.37. The highest BCUT2D eigenvalue weighted by Crippen LogP contribution is 2.32. The number of benzene rings is 2. The number of carbonyl (C=O) groups excluding carboxylic acids is 3. The molecule has 3 N–H and O–H groups in total. The number of amides is 4. The molecule has 1 aliphatic rings. The van der Waals surface area contributed by atoms with Gasteiger partial charge in [0.2, 0.25) is 0 Å². The van der Waals surface area contributed by atoms with Gasteiger partial charge >= 0.3 is 6.03 Å². The summed E-state index contributed by atoms with van der Waals surface area (Å²) in [6.07, 6.45) is 0. The molecular formula is C20H22N2O6. The summed E-state index contributed by atoms with van der Waals surface area (Å²) >= 11 is 0. The maximum atomic E-state index is 11.8. The van der Waals surface area contributed by atoms with Crippen LogP contribution in [0.5, 0.6) is 11.5 Å². The average molecular weight is 386 g/mol. The molecule has 0 radical (unpaired) electrons. The maximum Gasteiger partial charge on any atom is 0.328 e. The number of methoxy groups -OCH3 is 2. The van der Waals surface area contributed by atoms with Gasteiger partial charge in [-0.3, -0.25) is 20.2 Å². The summed E-state index contributed by atoms with van der Waals surface area (Å²) in [5.74, 6) is -1.12. The number of hydrogen-bond acceptors (Lipinski definition) is 6. The highest BCUT2D eigenvalue weighted by molar-refractivity contribution is 6.21. The van der Waals surface area contributed by atoms with Crippen LogP contribution in [0.25, 0.3) is 0 Å². The molecule has 0 unspecified atom stereocenters. The van der Waals surface area contributed by atoms with Gasteiger partial charge in [0.1, 0.15) is 11.5 Å². The standard InChI is InChI=1S/C12H12N2O5.C8H10O/c1-6-3-4-8(19-2)7(5-6)12(18)9(15)13-11(17)14-10(12)16;1-7-3-5-8(9-2)6-4-7/h3-5,18H,1-2H3,(H2,13,14,15,16,17);3-6H,1-2H3. The van der Waals surface area contributed by atoms with Crippen LogP contribution in [-0.4, -0.2) is 37.2 Å². The molecule has 28 heavy (non-hydrogen) atoms. The molecule has 148 valence electrons. The number of ether oxygens (including phenoxy) is 2. The van der Waals surface area contributed by atoms with Gasteiger partial charge in [0.15, 0.2) is 0 Å². The van der Waals surface area contributed by atoms with E-state index in [0.29, 0.717) is 0 Å². The normalized spacial score (nSPS) is 15.0. The lowest BCUT2D eigenvalue weighted by Crippen LogP contribution is -2.64. The third kappa shape index (κ3) is 4.29. The van der Waals surface area contributed by atoms with E-state index >= 15 is 0 Å². The molecule has 4 amide bonds. The van der Waals surface area contributed by atoms with Crippen LogP contribution in [0.1, 0.15) is 16.7 Å². The fraction of sp³-hybridized carbons (Fsp3) is 0.250. The Morgan fingerprint density at radius 1 is 0.821 bits per heavy atom. The molecule has 1 heterocycles. The van der Waals surface area contributed by atoms with Crippen molar-refractivity contribution in [3.63, 3.8) is 0 Å². The van der Waals surface area contributed by atoms with Crippen LogP contribution in [0.3, 0.4) is 0 Å². The zero-order valence-electron chi connectivity index (χ0n) is 16.0. The van der Waals surface area contributed by atoms with Gasteiger partial charge in [0, 0.05) is 5.56 Å². The average Bonchev–Trinajstić information content (AvgIpc) is 2.67. The molecule has 0 atom stereocenters.